The van der Waals surface area contributed by atoms with Crippen molar-refractivity contribution in [3.05, 3.63) is 52.7 Å². The summed E-state index contributed by atoms with van der Waals surface area (Å²) in [5.74, 6) is 1.78. The number of benzene rings is 1. The molecule has 0 saturated carbocycles. The average molecular weight is 273 g/mol. The largest absolute Gasteiger partial charge is 0.373 e. The van der Waals surface area contributed by atoms with Gasteiger partial charge in [0.05, 0.1) is 0 Å². The van der Waals surface area contributed by atoms with Crippen LogP contribution >= 0.6 is 0 Å². The molecule has 0 fully saturated rings. The fourth-order valence-corrected chi connectivity index (χ4v) is 2.39. The number of hydrogen-bond acceptors (Lipinski definition) is 3. The summed E-state index contributed by atoms with van der Waals surface area (Å²) in [6, 6.07) is 6.46. The van der Waals surface area contributed by atoms with E-state index in [0.717, 1.165) is 28.5 Å². The lowest BCUT2D eigenvalue weighted by Gasteiger charge is -2.15. The van der Waals surface area contributed by atoms with Crippen LogP contribution in [-0.4, -0.2) is 17.0 Å². The van der Waals surface area contributed by atoms with E-state index in [1.807, 2.05) is 14.0 Å². The molecule has 1 N–H and O–H groups in total. The Morgan fingerprint density at radius 2 is 1.80 bits per heavy atom. The van der Waals surface area contributed by atoms with E-state index in [9.17, 15) is 4.39 Å². The molecule has 1 aromatic heterocycles. The van der Waals surface area contributed by atoms with Crippen LogP contribution in [0.4, 0.5) is 10.2 Å². The monoisotopic (exact) mass is 273 g/mol. The zero-order valence-corrected chi connectivity index (χ0v) is 12.4. The lowest BCUT2D eigenvalue weighted by Crippen LogP contribution is -2.09. The maximum Gasteiger partial charge on any atom is 0.135 e. The molecule has 0 saturated heterocycles. The molecule has 0 bridgehead atoms. The van der Waals surface area contributed by atoms with E-state index < -0.39 is 0 Å². The molecule has 0 aliphatic rings. The molecular formula is C16H20FN3. The van der Waals surface area contributed by atoms with Crippen LogP contribution < -0.4 is 5.32 Å². The van der Waals surface area contributed by atoms with Crippen LogP contribution in [0.15, 0.2) is 24.3 Å². The lowest BCUT2D eigenvalue weighted by atomic mass is 10.0. The zero-order chi connectivity index (χ0) is 14.7. The summed E-state index contributed by atoms with van der Waals surface area (Å²) in [5.41, 5.74) is 3.15. The number of nitrogens with one attached hydrogen (secondary N) is 1. The minimum Gasteiger partial charge on any atom is -0.373 e. The van der Waals surface area contributed by atoms with Crippen LogP contribution in [0.1, 0.15) is 42.4 Å². The van der Waals surface area contributed by atoms with E-state index >= 15 is 0 Å². The van der Waals surface area contributed by atoms with Crippen molar-refractivity contribution in [3.8, 4) is 0 Å². The quantitative estimate of drug-likeness (QED) is 0.923. The average Bonchev–Trinajstić information content (AvgIpc) is 2.40. The van der Waals surface area contributed by atoms with Gasteiger partial charge in [0.25, 0.3) is 0 Å². The van der Waals surface area contributed by atoms with E-state index in [-0.39, 0.29) is 5.82 Å². The van der Waals surface area contributed by atoms with Gasteiger partial charge in [-0.1, -0.05) is 26.0 Å². The highest BCUT2D eigenvalue weighted by atomic mass is 19.1. The summed E-state index contributed by atoms with van der Waals surface area (Å²) in [6.45, 7) is 6.27. The highest BCUT2D eigenvalue weighted by Gasteiger charge is 2.14. The second-order valence-corrected chi connectivity index (χ2v) is 5.20. The van der Waals surface area contributed by atoms with E-state index in [1.54, 1.807) is 12.1 Å². The molecule has 106 valence electrons. The summed E-state index contributed by atoms with van der Waals surface area (Å²) in [5, 5.41) is 3.14. The van der Waals surface area contributed by atoms with Gasteiger partial charge in [-0.15, -0.1) is 0 Å². The van der Waals surface area contributed by atoms with E-state index in [2.05, 4.69) is 29.1 Å². The number of aryl methyl sites for hydroxylation is 1. The lowest BCUT2D eigenvalue weighted by molar-refractivity contribution is 0.627. The first-order valence-corrected chi connectivity index (χ1v) is 6.81. The molecule has 3 nitrogen and oxygen atoms in total. The first kappa shape index (κ1) is 14.4. The topological polar surface area (TPSA) is 37.8 Å². The second kappa shape index (κ2) is 5.99. The fourth-order valence-electron chi connectivity index (χ4n) is 2.39. The Kier molecular flexibility index (Phi) is 4.32. The third-order valence-corrected chi connectivity index (χ3v) is 3.27. The number of halogens is 1. The Morgan fingerprint density at radius 3 is 2.35 bits per heavy atom. The number of aromatic nitrogens is 2. The Labute approximate surface area is 119 Å². The molecule has 2 aromatic rings. The third-order valence-electron chi connectivity index (χ3n) is 3.27. The molecular weight excluding hydrogens is 253 g/mol. The smallest absolute Gasteiger partial charge is 0.135 e. The number of anilines is 1. The maximum atomic E-state index is 12.9. The third kappa shape index (κ3) is 3.13. The second-order valence-electron chi connectivity index (χ2n) is 5.20. The number of rotatable bonds is 4. The maximum absolute atomic E-state index is 12.9. The summed E-state index contributed by atoms with van der Waals surface area (Å²) in [7, 11) is 1.87. The summed E-state index contributed by atoms with van der Waals surface area (Å²) < 4.78 is 12.9. The van der Waals surface area contributed by atoms with Crippen molar-refractivity contribution in [2.24, 2.45) is 0 Å². The van der Waals surface area contributed by atoms with Gasteiger partial charge in [0.2, 0.25) is 0 Å². The summed E-state index contributed by atoms with van der Waals surface area (Å²) >= 11 is 0. The number of nitrogens with zero attached hydrogens (tertiary/aromatic N) is 2. The standard InChI is InChI=1S/C16H20FN3/c1-10(2)15-11(3)19-14(20-16(15)18-4)9-12-5-7-13(17)8-6-12/h5-8,10H,9H2,1-4H3,(H,18,19,20). The number of hydrogen-bond donors (Lipinski definition) is 1. The molecule has 2 rings (SSSR count). The Bertz CT molecular complexity index is 591. The fraction of sp³-hybridized carbons (Fsp3) is 0.375. The van der Waals surface area contributed by atoms with Gasteiger partial charge in [0, 0.05) is 24.7 Å². The molecule has 1 aromatic carbocycles. The van der Waals surface area contributed by atoms with Crippen molar-refractivity contribution in [2.45, 2.75) is 33.1 Å². The molecule has 0 aliphatic carbocycles. The molecule has 1 heterocycles. The van der Waals surface area contributed by atoms with Crippen LogP contribution in [0.3, 0.4) is 0 Å². The van der Waals surface area contributed by atoms with E-state index in [4.69, 9.17) is 0 Å². The van der Waals surface area contributed by atoms with Crippen molar-refractivity contribution in [1.82, 2.24) is 9.97 Å². The predicted octanol–water partition coefficient (Wildman–Crippen LogP) is 3.68. The minimum absolute atomic E-state index is 0.225. The van der Waals surface area contributed by atoms with Crippen LogP contribution in [-0.2, 0) is 6.42 Å². The van der Waals surface area contributed by atoms with Gasteiger partial charge in [-0.3, -0.25) is 0 Å². The molecule has 4 heteroatoms. The van der Waals surface area contributed by atoms with Gasteiger partial charge in [-0.05, 0) is 30.5 Å². The Hall–Kier alpha value is -1.97. The minimum atomic E-state index is -0.225. The van der Waals surface area contributed by atoms with Gasteiger partial charge < -0.3 is 5.32 Å². The van der Waals surface area contributed by atoms with Crippen molar-refractivity contribution in [3.63, 3.8) is 0 Å². The van der Waals surface area contributed by atoms with Crippen molar-refractivity contribution in [2.75, 3.05) is 12.4 Å². The predicted molar refractivity (Wildman–Crippen MR) is 79.6 cm³/mol. The molecule has 0 aliphatic heterocycles. The van der Waals surface area contributed by atoms with Crippen LogP contribution in [0.25, 0.3) is 0 Å². The SMILES string of the molecule is CNc1nc(Cc2ccc(F)cc2)nc(C)c1C(C)C. The van der Waals surface area contributed by atoms with Crippen molar-refractivity contribution in [1.29, 1.82) is 0 Å². The summed E-state index contributed by atoms with van der Waals surface area (Å²) in [6.07, 6.45) is 0.605. The molecule has 0 unspecified atom stereocenters. The molecule has 0 amide bonds. The van der Waals surface area contributed by atoms with Crippen LogP contribution in [0.5, 0.6) is 0 Å². The van der Waals surface area contributed by atoms with Crippen molar-refractivity contribution >= 4 is 5.82 Å². The highest BCUT2D eigenvalue weighted by molar-refractivity contribution is 5.48. The van der Waals surface area contributed by atoms with Gasteiger partial charge in [-0.2, -0.15) is 0 Å². The van der Waals surface area contributed by atoms with Gasteiger partial charge in [-0.25, -0.2) is 14.4 Å². The normalized spacial score (nSPS) is 10.9. The first-order valence-electron chi connectivity index (χ1n) is 6.81. The zero-order valence-electron chi connectivity index (χ0n) is 12.4. The molecule has 0 spiro atoms. The Balaban J connectivity index is 2.33. The first-order chi connectivity index (χ1) is 9.51. The van der Waals surface area contributed by atoms with E-state index in [0.29, 0.717) is 12.3 Å². The van der Waals surface area contributed by atoms with Gasteiger partial charge >= 0.3 is 0 Å². The van der Waals surface area contributed by atoms with Crippen LogP contribution in [0, 0.1) is 12.7 Å². The highest BCUT2D eigenvalue weighted by Crippen LogP contribution is 2.25. The van der Waals surface area contributed by atoms with Gasteiger partial charge in [0.1, 0.15) is 17.5 Å². The van der Waals surface area contributed by atoms with E-state index in [1.165, 1.54) is 12.1 Å². The summed E-state index contributed by atoms with van der Waals surface area (Å²) in [4.78, 5) is 9.15. The molecule has 0 atom stereocenters. The van der Waals surface area contributed by atoms with Gasteiger partial charge in [0.15, 0.2) is 0 Å². The Morgan fingerprint density at radius 1 is 1.15 bits per heavy atom. The molecule has 20 heavy (non-hydrogen) atoms. The van der Waals surface area contributed by atoms with Crippen molar-refractivity contribution < 1.29 is 4.39 Å². The molecule has 0 radical (unpaired) electrons. The van der Waals surface area contributed by atoms with Crippen LogP contribution in [0.2, 0.25) is 0 Å².